The van der Waals surface area contributed by atoms with Crippen molar-refractivity contribution in [2.75, 3.05) is 11.5 Å². The molecule has 0 aromatic heterocycles. The van der Waals surface area contributed by atoms with Crippen molar-refractivity contribution in [3.8, 4) is 11.5 Å². The van der Waals surface area contributed by atoms with E-state index in [1.54, 1.807) is 13.8 Å². The van der Waals surface area contributed by atoms with Gasteiger partial charge in [0.25, 0.3) is 20.2 Å². The number of phenols is 2. The minimum absolute atomic E-state index is 0.137. The highest BCUT2D eigenvalue weighted by Gasteiger charge is 2.25. The average molecular weight is 382 g/mol. The van der Waals surface area contributed by atoms with E-state index in [-0.39, 0.29) is 35.5 Å². The van der Waals surface area contributed by atoms with E-state index in [2.05, 4.69) is 0 Å². The van der Waals surface area contributed by atoms with Crippen LogP contribution in [0, 0.1) is 0 Å². The van der Waals surface area contributed by atoms with Crippen molar-refractivity contribution in [1.29, 1.82) is 0 Å². The zero-order valence-corrected chi connectivity index (χ0v) is 15.0. The van der Waals surface area contributed by atoms with Gasteiger partial charge in [0.2, 0.25) is 0 Å². The summed E-state index contributed by atoms with van der Waals surface area (Å²) in [5.41, 5.74) is 0.274. The van der Waals surface area contributed by atoms with Gasteiger partial charge in [-0.25, -0.2) is 0 Å². The second-order valence-electron chi connectivity index (χ2n) is 5.68. The van der Waals surface area contributed by atoms with Crippen LogP contribution in [0.15, 0.2) is 12.1 Å². The fourth-order valence-electron chi connectivity index (χ4n) is 2.63. The fourth-order valence-corrected chi connectivity index (χ4v) is 4.47. The Kier molecular flexibility index (Phi) is 6.62. The van der Waals surface area contributed by atoms with Crippen LogP contribution in [0.1, 0.15) is 49.7 Å². The molecule has 0 aliphatic carbocycles. The third kappa shape index (κ3) is 5.93. The second kappa shape index (κ2) is 7.68. The molecule has 0 heterocycles. The molecule has 0 aliphatic rings. The summed E-state index contributed by atoms with van der Waals surface area (Å²) in [6.45, 7) is 3.32. The standard InChI is InChI=1S/C14H22O8S2/c1-3-9(7-23(17,18)19)11-5-14(16)12(6-13(11)15)10(4-2)8-24(20,21)22/h5-6,9-10,15-16H,3-4,7-8H2,1-2H3,(H,17,18,19)(H,20,21,22). The van der Waals surface area contributed by atoms with Gasteiger partial charge in [0.1, 0.15) is 11.5 Å². The van der Waals surface area contributed by atoms with E-state index in [1.165, 1.54) is 0 Å². The van der Waals surface area contributed by atoms with Crippen LogP contribution in [0.5, 0.6) is 11.5 Å². The third-order valence-corrected chi connectivity index (χ3v) is 5.51. The maximum Gasteiger partial charge on any atom is 0.265 e. The molecule has 0 radical (unpaired) electrons. The summed E-state index contributed by atoms with van der Waals surface area (Å²) in [6, 6.07) is 2.33. The van der Waals surface area contributed by atoms with E-state index < -0.39 is 43.6 Å². The van der Waals surface area contributed by atoms with Gasteiger partial charge in [-0.1, -0.05) is 13.8 Å². The van der Waals surface area contributed by atoms with Gasteiger partial charge in [0.05, 0.1) is 11.5 Å². The van der Waals surface area contributed by atoms with Crippen molar-refractivity contribution < 1.29 is 36.2 Å². The fraction of sp³-hybridized carbons (Fsp3) is 0.571. The molecule has 0 fully saturated rings. The predicted octanol–water partition coefficient (Wildman–Crippen LogP) is 1.86. The second-order valence-corrected chi connectivity index (χ2v) is 8.67. The SMILES string of the molecule is CCC(CS(=O)(=O)O)c1cc(O)c(C(CC)CS(=O)(=O)O)cc1O. The first kappa shape index (κ1) is 20.7. The van der Waals surface area contributed by atoms with Crippen molar-refractivity contribution >= 4 is 20.2 Å². The Bertz CT molecular complexity index is 715. The minimum atomic E-state index is -4.27. The number of aromatic hydroxyl groups is 2. The summed E-state index contributed by atoms with van der Waals surface area (Å²) in [6.07, 6.45) is 0.572. The molecule has 8 nitrogen and oxygen atoms in total. The van der Waals surface area contributed by atoms with Crippen LogP contribution in [0.3, 0.4) is 0 Å². The van der Waals surface area contributed by atoms with Crippen LogP contribution in [0.2, 0.25) is 0 Å². The van der Waals surface area contributed by atoms with E-state index in [0.29, 0.717) is 0 Å². The lowest BCUT2D eigenvalue weighted by atomic mass is 9.91. The third-order valence-electron chi connectivity index (χ3n) is 3.86. The molecular formula is C14H22O8S2. The number of hydrogen-bond donors (Lipinski definition) is 4. The maximum atomic E-state index is 11.1. The van der Waals surface area contributed by atoms with E-state index in [0.717, 1.165) is 12.1 Å². The topological polar surface area (TPSA) is 149 Å². The molecule has 1 rings (SSSR count). The minimum Gasteiger partial charge on any atom is -0.508 e. The summed E-state index contributed by atoms with van der Waals surface area (Å²) in [5, 5.41) is 20.3. The highest BCUT2D eigenvalue weighted by Crippen LogP contribution is 2.38. The van der Waals surface area contributed by atoms with Gasteiger partial charge >= 0.3 is 0 Å². The molecule has 2 atom stereocenters. The molecule has 0 spiro atoms. The lowest BCUT2D eigenvalue weighted by Crippen LogP contribution is -2.15. The van der Waals surface area contributed by atoms with Crippen LogP contribution < -0.4 is 0 Å². The molecule has 2 unspecified atom stereocenters. The lowest BCUT2D eigenvalue weighted by Gasteiger charge is -2.20. The number of hydrogen-bond acceptors (Lipinski definition) is 6. The normalized spacial score (nSPS) is 15.2. The van der Waals surface area contributed by atoms with Gasteiger partial charge in [0.15, 0.2) is 0 Å². The van der Waals surface area contributed by atoms with Crippen molar-refractivity contribution in [2.24, 2.45) is 0 Å². The summed E-state index contributed by atoms with van der Waals surface area (Å²) in [5.74, 6) is -3.32. The molecule has 1 aromatic rings. The van der Waals surface area contributed by atoms with E-state index in [1.807, 2.05) is 0 Å². The Morgan fingerprint density at radius 2 is 1.08 bits per heavy atom. The molecule has 0 aliphatic heterocycles. The molecule has 0 saturated carbocycles. The van der Waals surface area contributed by atoms with E-state index in [4.69, 9.17) is 9.11 Å². The summed E-state index contributed by atoms with van der Waals surface area (Å²) < 4.78 is 62.2. The molecule has 138 valence electrons. The monoisotopic (exact) mass is 382 g/mol. The largest absolute Gasteiger partial charge is 0.508 e. The van der Waals surface area contributed by atoms with Gasteiger partial charge in [-0.15, -0.1) is 0 Å². The van der Waals surface area contributed by atoms with E-state index >= 15 is 0 Å². The van der Waals surface area contributed by atoms with E-state index in [9.17, 15) is 27.0 Å². The Labute approximate surface area is 141 Å². The van der Waals surface area contributed by atoms with Crippen LogP contribution in [0.25, 0.3) is 0 Å². The number of phenolic OH excluding ortho intramolecular Hbond substituents is 2. The van der Waals surface area contributed by atoms with Crippen molar-refractivity contribution in [1.82, 2.24) is 0 Å². The lowest BCUT2D eigenvalue weighted by molar-refractivity contribution is 0.434. The predicted molar refractivity (Wildman–Crippen MR) is 88.7 cm³/mol. The Morgan fingerprint density at radius 3 is 1.29 bits per heavy atom. The Balaban J connectivity index is 3.30. The average Bonchev–Trinajstić information content (AvgIpc) is 2.42. The van der Waals surface area contributed by atoms with Gasteiger partial charge in [0, 0.05) is 23.0 Å². The first-order valence-electron chi connectivity index (χ1n) is 7.34. The highest BCUT2D eigenvalue weighted by atomic mass is 32.2. The quantitative estimate of drug-likeness (QED) is 0.393. The Hall–Kier alpha value is -1.36. The van der Waals surface area contributed by atoms with Crippen LogP contribution in [-0.4, -0.2) is 47.7 Å². The molecule has 1 aromatic carbocycles. The molecule has 24 heavy (non-hydrogen) atoms. The summed E-state index contributed by atoms with van der Waals surface area (Å²) in [4.78, 5) is 0. The maximum absolute atomic E-state index is 11.1. The smallest absolute Gasteiger partial charge is 0.265 e. The number of benzene rings is 1. The van der Waals surface area contributed by atoms with Crippen LogP contribution in [-0.2, 0) is 20.2 Å². The molecule has 0 saturated heterocycles. The van der Waals surface area contributed by atoms with Gasteiger partial charge in [-0.3, -0.25) is 9.11 Å². The summed E-state index contributed by atoms with van der Waals surface area (Å²) >= 11 is 0. The van der Waals surface area contributed by atoms with Crippen molar-refractivity contribution in [3.63, 3.8) is 0 Å². The molecule has 4 N–H and O–H groups in total. The molecule has 0 bridgehead atoms. The molecular weight excluding hydrogens is 360 g/mol. The highest BCUT2D eigenvalue weighted by molar-refractivity contribution is 7.86. The molecule has 0 amide bonds. The molecule has 10 heteroatoms. The van der Waals surface area contributed by atoms with Crippen LogP contribution in [0.4, 0.5) is 0 Å². The van der Waals surface area contributed by atoms with Crippen molar-refractivity contribution in [3.05, 3.63) is 23.3 Å². The van der Waals surface area contributed by atoms with Crippen LogP contribution >= 0.6 is 0 Å². The first-order valence-corrected chi connectivity index (χ1v) is 10.6. The van der Waals surface area contributed by atoms with Gasteiger partial charge in [-0.05, 0) is 25.0 Å². The number of rotatable bonds is 8. The zero-order valence-electron chi connectivity index (χ0n) is 13.4. The summed E-state index contributed by atoms with van der Waals surface area (Å²) in [7, 11) is -8.55. The van der Waals surface area contributed by atoms with Gasteiger partial charge < -0.3 is 10.2 Å². The first-order chi connectivity index (χ1) is 10.9. The van der Waals surface area contributed by atoms with Gasteiger partial charge in [-0.2, -0.15) is 16.8 Å². The Morgan fingerprint density at radius 1 is 0.792 bits per heavy atom. The zero-order chi connectivity index (χ0) is 18.7. The van der Waals surface area contributed by atoms with Crippen molar-refractivity contribution in [2.45, 2.75) is 38.5 Å².